The first kappa shape index (κ1) is 22.6. The smallest absolute Gasteiger partial charge is 0.327 e. The van der Waals surface area contributed by atoms with Crippen molar-refractivity contribution in [2.75, 3.05) is 6.54 Å². The molecule has 6 heteroatoms. The minimum absolute atomic E-state index is 0.0727. The molecule has 1 rings (SSSR count). The van der Waals surface area contributed by atoms with Crippen molar-refractivity contribution in [2.45, 2.75) is 89.1 Å². The van der Waals surface area contributed by atoms with Crippen molar-refractivity contribution in [2.24, 2.45) is 17.6 Å². The molecule has 1 aliphatic carbocycles. The van der Waals surface area contributed by atoms with Crippen LogP contribution in [0, 0.1) is 11.8 Å². The summed E-state index contributed by atoms with van der Waals surface area (Å²) in [5.74, 6) is 0.0499. The lowest BCUT2D eigenvalue weighted by Gasteiger charge is -2.29. The van der Waals surface area contributed by atoms with Gasteiger partial charge in [-0.25, -0.2) is 8.42 Å². The van der Waals surface area contributed by atoms with Crippen LogP contribution < -0.4 is 5.73 Å². The third kappa shape index (κ3) is 5.75. The van der Waals surface area contributed by atoms with Gasteiger partial charge in [0.05, 0.1) is 5.25 Å². The zero-order valence-corrected chi connectivity index (χ0v) is 16.8. The van der Waals surface area contributed by atoms with E-state index in [0.717, 1.165) is 25.7 Å². The van der Waals surface area contributed by atoms with Gasteiger partial charge in [-0.1, -0.05) is 65.4 Å². The number of nitrogens with two attached hydrogens (primary N) is 1. The van der Waals surface area contributed by atoms with E-state index < -0.39 is 26.3 Å². The van der Waals surface area contributed by atoms with Crippen molar-refractivity contribution < 1.29 is 17.2 Å². The largest absolute Gasteiger partial charge is 0.367 e. The third-order valence-electron chi connectivity index (χ3n) is 5.42. The Hall–Kier alpha value is -0.490. The van der Waals surface area contributed by atoms with Crippen molar-refractivity contribution >= 4 is 9.84 Å². The standard InChI is InChI=1S/C19H35F2NO2S/c1-4-8-16(3)18(13-14-22)19(20,21)25(23,24)17-11-6-5-9-15(2)10-7-12-17/h13,15-17H,4-12,14,22H2,1-3H3/b18-13+. The van der Waals surface area contributed by atoms with Crippen molar-refractivity contribution in [3.05, 3.63) is 11.6 Å². The molecule has 0 aromatic carbocycles. The molecule has 0 aliphatic heterocycles. The van der Waals surface area contributed by atoms with Crippen LogP contribution in [0.2, 0.25) is 0 Å². The van der Waals surface area contributed by atoms with Gasteiger partial charge >= 0.3 is 5.25 Å². The Bertz CT molecular complexity index is 532. The summed E-state index contributed by atoms with van der Waals surface area (Å²) >= 11 is 0. The highest BCUT2D eigenvalue weighted by atomic mass is 32.2. The molecule has 0 aromatic heterocycles. The van der Waals surface area contributed by atoms with E-state index in [0.29, 0.717) is 38.0 Å². The van der Waals surface area contributed by atoms with E-state index in [-0.39, 0.29) is 12.1 Å². The fraction of sp³-hybridized carbons (Fsp3) is 0.895. The summed E-state index contributed by atoms with van der Waals surface area (Å²) in [6.45, 7) is 5.65. The monoisotopic (exact) mass is 379 g/mol. The molecule has 3 nitrogen and oxygen atoms in total. The summed E-state index contributed by atoms with van der Waals surface area (Å²) < 4.78 is 55.9. The number of hydrogen-bond donors (Lipinski definition) is 1. The summed E-state index contributed by atoms with van der Waals surface area (Å²) in [6, 6.07) is 0. The molecule has 0 heterocycles. The van der Waals surface area contributed by atoms with Crippen LogP contribution in [0.3, 0.4) is 0 Å². The van der Waals surface area contributed by atoms with Gasteiger partial charge in [0.25, 0.3) is 0 Å². The van der Waals surface area contributed by atoms with E-state index in [2.05, 4.69) is 6.92 Å². The highest BCUT2D eigenvalue weighted by Gasteiger charge is 2.52. The SMILES string of the molecule is CCCC(C)/C(=C\CN)C(F)(F)S(=O)(=O)C1CCCCC(C)CCC1. The Balaban J connectivity index is 3.11. The summed E-state index contributed by atoms with van der Waals surface area (Å²) in [5.41, 5.74) is 5.14. The average Bonchev–Trinajstić information content (AvgIpc) is 2.64. The topological polar surface area (TPSA) is 60.2 Å². The Morgan fingerprint density at radius 3 is 2.36 bits per heavy atom. The number of sulfone groups is 1. The van der Waals surface area contributed by atoms with Crippen molar-refractivity contribution in [1.82, 2.24) is 0 Å². The van der Waals surface area contributed by atoms with Gasteiger partial charge in [-0.2, -0.15) is 8.78 Å². The molecule has 0 amide bonds. The van der Waals surface area contributed by atoms with E-state index in [1.54, 1.807) is 6.92 Å². The average molecular weight is 380 g/mol. The quantitative estimate of drug-likeness (QED) is 0.629. The molecular formula is C19H35F2NO2S. The fourth-order valence-electron chi connectivity index (χ4n) is 3.85. The maximum absolute atomic E-state index is 15.1. The Labute approximate surface area is 152 Å². The van der Waals surface area contributed by atoms with Gasteiger partial charge in [-0.15, -0.1) is 0 Å². The summed E-state index contributed by atoms with van der Waals surface area (Å²) in [6.07, 6.45) is 7.41. The Morgan fingerprint density at radius 1 is 1.20 bits per heavy atom. The van der Waals surface area contributed by atoms with Gasteiger partial charge < -0.3 is 5.73 Å². The van der Waals surface area contributed by atoms with Gasteiger partial charge in [0.15, 0.2) is 0 Å². The fourth-order valence-corrected chi connectivity index (χ4v) is 5.84. The lowest BCUT2D eigenvalue weighted by molar-refractivity contribution is 0.117. The zero-order chi connectivity index (χ0) is 19.1. The molecule has 1 fully saturated rings. The van der Waals surface area contributed by atoms with Gasteiger partial charge in [0.1, 0.15) is 0 Å². The number of alkyl halides is 2. The maximum atomic E-state index is 15.1. The summed E-state index contributed by atoms with van der Waals surface area (Å²) in [5, 5.41) is -4.78. The predicted octanol–water partition coefficient (Wildman–Crippen LogP) is 5.06. The molecular weight excluding hydrogens is 344 g/mol. The predicted molar refractivity (Wildman–Crippen MR) is 100 cm³/mol. The molecule has 0 aromatic rings. The molecule has 2 N–H and O–H groups in total. The second-order valence-corrected chi connectivity index (χ2v) is 9.86. The van der Waals surface area contributed by atoms with Gasteiger partial charge in [0.2, 0.25) is 9.84 Å². The van der Waals surface area contributed by atoms with Crippen LogP contribution in [0.25, 0.3) is 0 Å². The van der Waals surface area contributed by atoms with E-state index >= 15 is 8.78 Å². The van der Waals surface area contributed by atoms with Crippen molar-refractivity contribution in [3.8, 4) is 0 Å². The van der Waals surface area contributed by atoms with Gasteiger partial charge in [-0.3, -0.25) is 0 Å². The molecule has 0 bridgehead atoms. The van der Waals surface area contributed by atoms with Crippen LogP contribution in [0.15, 0.2) is 11.6 Å². The second kappa shape index (κ2) is 10.0. The van der Waals surface area contributed by atoms with E-state index in [1.807, 2.05) is 6.92 Å². The molecule has 1 saturated carbocycles. The molecule has 1 aliphatic rings. The summed E-state index contributed by atoms with van der Waals surface area (Å²) in [7, 11) is -4.58. The first-order valence-corrected chi connectivity index (χ1v) is 11.2. The zero-order valence-electron chi connectivity index (χ0n) is 15.9. The van der Waals surface area contributed by atoms with Crippen LogP contribution in [0.1, 0.15) is 78.6 Å². The maximum Gasteiger partial charge on any atom is 0.367 e. The van der Waals surface area contributed by atoms with Gasteiger partial charge in [0, 0.05) is 12.1 Å². The van der Waals surface area contributed by atoms with Crippen LogP contribution in [0.4, 0.5) is 8.78 Å². The normalized spacial score (nSPS) is 25.8. The number of hydrogen-bond acceptors (Lipinski definition) is 3. The second-order valence-electron chi connectivity index (χ2n) is 7.59. The van der Waals surface area contributed by atoms with E-state index in [9.17, 15) is 8.42 Å². The highest BCUT2D eigenvalue weighted by Crippen LogP contribution is 2.41. The van der Waals surface area contributed by atoms with Crippen molar-refractivity contribution in [1.29, 1.82) is 0 Å². The number of rotatable bonds is 7. The lowest BCUT2D eigenvalue weighted by Crippen LogP contribution is -2.41. The molecule has 3 unspecified atom stereocenters. The molecule has 0 radical (unpaired) electrons. The minimum Gasteiger partial charge on any atom is -0.327 e. The number of halogens is 2. The lowest BCUT2D eigenvalue weighted by atomic mass is 9.96. The molecule has 25 heavy (non-hydrogen) atoms. The van der Waals surface area contributed by atoms with Crippen LogP contribution in [-0.4, -0.2) is 25.5 Å². The Morgan fingerprint density at radius 2 is 1.76 bits per heavy atom. The molecule has 0 saturated heterocycles. The minimum atomic E-state index is -4.58. The summed E-state index contributed by atoms with van der Waals surface area (Å²) in [4.78, 5) is 0. The van der Waals surface area contributed by atoms with E-state index in [4.69, 9.17) is 5.73 Å². The molecule has 0 spiro atoms. The van der Waals surface area contributed by atoms with Crippen molar-refractivity contribution in [3.63, 3.8) is 0 Å². The molecule has 148 valence electrons. The first-order valence-electron chi connectivity index (χ1n) is 9.70. The van der Waals surface area contributed by atoms with Crippen LogP contribution in [-0.2, 0) is 9.84 Å². The van der Waals surface area contributed by atoms with Crippen LogP contribution >= 0.6 is 0 Å². The highest BCUT2D eigenvalue weighted by molar-refractivity contribution is 7.93. The van der Waals surface area contributed by atoms with E-state index in [1.165, 1.54) is 6.08 Å². The third-order valence-corrected chi connectivity index (χ3v) is 7.72. The first-order chi connectivity index (χ1) is 11.7. The Kier molecular flexibility index (Phi) is 9.02. The van der Waals surface area contributed by atoms with Crippen LogP contribution in [0.5, 0.6) is 0 Å². The van der Waals surface area contributed by atoms with Gasteiger partial charge in [-0.05, 0) is 31.1 Å². The molecule has 3 atom stereocenters.